The van der Waals surface area contributed by atoms with Gasteiger partial charge < -0.3 is 14.6 Å². The van der Waals surface area contributed by atoms with Gasteiger partial charge in [-0.25, -0.2) is 4.98 Å². The maximum absolute atomic E-state index is 12.6. The number of pyridine rings is 1. The molecule has 2 amide bonds. The van der Waals surface area contributed by atoms with Crippen LogP contribution < -0.4 is 14.9 Å². The molecule has 0 saturated heterocycles. The highest BCUT2D eigenvalue weighted by Crippen LogP contribution is 2.27. The first-order valence-electron chi connectivity index (χ1n) is 9.94. The van der Waals surface area contributed by atoms with Crippen molar-refractivity contribution in [1.82, 2.24) is 14.9 Å². The van der Waals surface area contributed by atoms with Crippen LogP contribution in [0.1, 0.15) is 29.5 Å². The summed E-state index contributed by atoms with van der Waals surface area (Å²) in [6, 6.07) is 10.5. The van der Waals surface area contributed by atoms with E-state index < -0.39 is 12.3 Å². The van der Waals surface area contributed by atoms with Crippen molar-refractivity contribution in [3.05, 3.63) is 64.0 Å². The van der Waals surface area contributed by atoms with Crippen LogP contribution in [0.15, 0.2) is 52.8 Å². The Hall–Kier alpha value is -3.47. The molecule has 0 aliphatic rings. The number of hydrogen-bond donors (Lipinski definition) is 1. The van der Waals surface area contributed by atoms with E-state index in [1.165, 1.54) is 42.5 Å². The number of hydrogen-bond acceptors (Lipinski definition) is 5. The van der Waals surface area contributed by atoms with Crippen molar-refractivity contribution >= 4 is 23.2 Å². The van der Waals surface area contributed by atoms with E-state index in [1.54, 1.807) is 35.1 Å². The summed E-state index contributed by atoms with van der Waals surface area (Å²) in [5.74, 6) is -0.989. The Morgan fingerprint density at radius 3 is 2.55 bits per heavy atom. The third kappa shape index (κ3) is 7.01. The molecule has 33 heavy (non-hydrogen) atoms. The van der Waals surface area contributed by atoms with Crippen molar-refractivity contribution in [3.8, 4) is 17.0 Å². The summed E-state index contributed by atoms with van der Waals surface area (Å²) in [5, 5.41) is 4.48. The number of rotatable bonds is 7. The van der Waals surface area contributed by atoms with Gasteiger partial charge >= 0.3 is 6.36 Å². The molecule has 2 aromatic heterocycles. The summed E-state index contributed by atoms with van der Waals surface area (Å²) in [5.41, 5.74) is 2.20. The van der Waals surface area contributed by atoms with Crippen LogP contribution in [0.2, 0.25) is 0 Å². The number of nitrogens with one attached hydrogen (secondary N) is 1. The van der Waals surface area contributed by atoms with Crippen molar-refractivity contribution in [2.75, 3.05) is 6.54 Å². The van der Waals surface area contributed by atoms with Gasteiger partial charge in [0.15, 0.2) is 4.80 Å². The Bertz CT molecular complexity index is 1200. The fraction of sp³-hybridized carbons (Fsp3) is 0.273. The highest BCUT2D eigenvalue weighted by Gasteiger charge is 2.31. The molecule has 174 valence electrons. The molecule has 0 atom stereocenters. The summed E-state index contributed by atoms with van der Waals surface area (Å²) in [6.07, 6.45) is -4.22. The fourth-order valence-corrected chi connectivity index (χ4v) is 3.93. The number of amides is 2. The van der Waals surface area contributed by atoms with Gasteiger partial charge in [0.25, 0.3) is 5.91 Å². The fourth-order valence-electron chi connectivity index (χ4n) is 3.00. The Morgan fingerprint density at radius 1 is 1.18 bits per heavy atom. The second-order valence-corrected chi connectivity index (χ2v) is 7.88. The molecule has 0 radical (unpaired) electrons. The normalized spacial score (nSPS) is 12.0. The lowest BCUT2D eigenvalue weighted by atomic mass is 10.1. The number of alkyl halides is 3. The second kappa shape index (κ2) is 10.4. The number of aryl methyl sites for hydroxylation is 1. The Morgan fingerprint density at radius 2 is 1.91 bits per heavy atom. The van der Waals surface area contributed by atoms with Gasteiger partial charge in [-0.2, -0.15) is 4.99 Å². The van der Waals surface area contributed by atoms with Gasteiger partial charge in [0.1, 0.15) is 11.4 Å². The minimum absolute atomic E-state index is 0.156. The van der Waals surface area contributed by atoms with Gasteiger partial charge in [-0.15, -0.1) is 24.5 Å². The van der Waals surface area contributed by atoms with Gasteiger partial charge in [0.2, 0.25) is 5.91 Å². The lowest BCUT2D eigenvalue weighted by Gasteiger charge is -2.11. The van der Waals surface area contributed by atoms with Crippen LogP contribution in [-0.2, 0) is 11.3 Å². The maximum atomic E-state index is 12.6. The molecule has 0 aliphatic carbocycles. The van der Waals surface area contributed by atoms with Crippen LogP contribution in [0.4, 0.5) is 13.2 Å². The summed E-state index contributed by atoms with van der Waals surface area (Å²) in [6.45, 7) is 4.03. The van der Waals surface area contributed by atoms with Gasteiger partial charge in [-0.3, -0.25) is 9.59 Å². The van der Waals surface area contributed by atoms with Crippen LogP contribution in [0.3, 0.4) is 0 Å². The molecular formula is C22H21F3N4O3S. The van der Waals surface area contributed by atoms with Crippen LogP contribution >= 0.6 is 11.3 Å². The summed E-state index contributed by atoms with van der Waals surface area (Å²) in [4.78, 5) is 32.6. The molecular weight excluding hydrogens is 457 g/mol. The molecule has 1 N–H and O–H groups in total. The summed E-state index contributed by atoms with van der Waals surface area (Å²) < 4.78 is 43.1. The summed E-state index contributed by atoms with van der Waals surface area (Å²) >= 11 is 1.23. The van der Waals surface area contributed by atoms with E-state index in [0.29, 0.717) is 41.3 Å². The number of carbonyl (C=O) groups excluding carboxylic acids is 2. The molecule has 0 unspecified atom stereocenters. The molecule has 0 saturated carbocycles. The molecule has 2 heterocycles. The van der Waals surface area contributed by atoms with Crippen molar-refractivity contribution in [2.24, 2.45) is 4.99 Å². The average molecular weight is 478 g/mol. The van der Waals surface area contributed by atoms with E-state index in [0.717, 1.165) is 0 Å². The van der Waals surface area contributed by atoms with Gasteiger partial charge in [-0.1, -0.05) is 6.07 Å². The topological polar surface area (TPSA) is 85.6 Å². The smallest absolute Gasteiger partial charge is 0.406 e. The van der Waals surface area contributed by atoms with Crippen LogP contribution in [0.5, 0.6) is 5.75 Å². The zero-order chi connectivity index (χ0) is 24.0. The lowest BCUT2D eigenvalue weighted by Crippen LogP contribution is -2.24. The minimum Gasteiger partial charge on any atom is -0.406 e. The molecule has 0 fully saturated rings. The van der Waals surface area contributed by atoms with Gasteiger partial charge in [0.05, 0.1) is 5.69 Å². The highest BCUT2D eigenvalue weighted by atomic mass is 32.1. The monoisotopic (exact) mass is 478 g/mol. The maximum Gasteiger partial charge on any atom is 0.573 e. The Balaban J connectivity index is 1.94. The molecule has 11 heteroatoms. The Kier molecular flexibility index (Phi) is 7.64. The molecule has 0 aliphatic heterocycles. The number of thiazole rings is 1. The molecule has 3 rings (SSSR count). The zero-order valence-electron chi connectivity index (χ0n) is 17.8. The first-order chi connectivity index (χ1) is 15.6. The van der Waals surface area contributed by atoms with Crippen LogP contribution in [0, 0.1) is 6.92 Å². The minimum atomic E-state index is -4.77. The van der Waals surface area contributed by atoms with E-state index in [9.17, 15) is 22.8 Å². The number of nitrogens with zero attached hydrogens (tertiary/aromatic N) is 3. The van der Waals surface area contributed by atoms with E-state index in [4.69, 9.17) is 0 Å². The first kappa shape index (κ1) is 24.2. The van der Waals surface area contributed by atoms with Crippen molar-refractivity contribution in [3.63, 3.8) is 0 Å². The third-order valence-corrected chi connectivity index (χ3v) is 5.28. The van der Waals surface area contributed by atoms with Crippen LogP contribution in [-0.4, -0.2) is 34.3 Å². The second-order valence-electron chi connectivity index (χ2n) is 7.05. The predicted molar refractivity (Wildman–Crippen MR) is 117 cm³/mol. The molecule has 1 aromatic carbocycles. The molecule has 0 spiro atoms. The van der Waals surface area contributed by atoms with E-state index in [-0.39, 0.29) is 17.4 Å². The average Bonchev–Trinajstić information content (AvgIpc) is 3.12. The molecule has 7 nitrogen and oxygen atoms in total. The lowest BCUT2D eigenvalue weighted by molar-refractivity contribution is -0.274. The standard InChI is InChI=1S/C22H21F3N4O3S/c1-14-5-3-6-18(27-14)20(31)28-21-29(12-4-11-26-15(2)30)19(13-33-21)16-7-9-17(10-8-16)32-22(23,24)25/h3,5-10,13H,4,11-12H2,1-2H3,(H,26,30). The van der Waals surface area contributed by atoms with Crippen molar-refractivity contribution in [1.29, 1.82) is 0 Å². The predicted octanol–water partition coefficient (Wildman–Crippen LogP) is 4.09. The zero-order valence-corrected chi connectivity index (χ0v) is 18.7. The number of ether oxygens (including phenoxy) is 1. The summed E-state index contributed by atoms with van der Waals surface area (Å²) in [7, 11) is 0. The highest BCUT2D eigenvalue weighted by molar-refractivity contribution is 7.07. The van der Waals surface area contributed by atoms with Gasteiger partial charge in [0, 0.05) is 31.1 Å². The SMILES string of the molecule is CC(=O)NCCCn1c(-c2ccc(OC(F)(F)F)cc2)csc1=NC(=O)c1cccc(C)n1. The molecule has 3 aromatic rings. The largest absolute Gasteiger partial charge is 0.573 e. The Labute approximate surface area is 191 Å². The van der Waals surface area contributed by atoms with Gasteiger partial charge in [-0.05, 0) is 55.3 Å². The van der Waals surface area contributed by atoms with Crippen LogP contribution in [0.25, 0.3) is 11.3 Å². The third-order valence-electron chi connectivity index (χ3n) is 4.42. The quantitative estimate of drug-likeness (QED) is 0.519. The van der Waals surface area contributed by atoms with E-state index >= 15 is 0 Å². The molecule has 0 bridgehead atoms. The number of aromatic nitrogens is 2. The number of benzene rings is 1. The first-order valence-corrected chi connectivity index (χ1v) is 10.8. The van der Waals surface area contributed by atoms with E-state index in [1.807, 2.05) is 0 Å². The van der Waals surface area contributed by atoms with Crippen molar-refractivity contribution in [2.45, 2.75) is 33.2 Å². The number of halogens is 3. The van der Waals surface area contributed by atoms with Crippen molar-refractivity contribution < 1.29 is 27.5 Å². The number of carbonyl (C=O) groups is 2. The van der Waals surface area contributed by atoms with E-state index in [2.05, 4.69) is 20.0 Å².